The molecule has 0 fully saturated rings. The quantitative estimate of drug-likeness (QED) is 0.570. The summed E-state index contributed by atoms with van der Waals surface area (Å²) in [6, 6.07) is 14.2. The number of nitrogens with two attached hydrogens (primary N) is 1. The van der Waals surface area contributed by atoms with Crippen LogP contribution in [0.15, 0.2) is 52.4 Å². The molecule has 2 N–H and O–H groups in total. The number of fused-ring (bicyclic) bond motifs is 1. The molecule has 16 heavy (non-hydrogen) atoms. The Hall–Kier alpha value is -2.16. The van der Waals surface area contributed by atoms with Crippen molar-refractivity contribution < 1.29 is 0 Å². The van der Waals surface area contributed by atoms with Crippen LogP contribution in [0.5, 0.6) is 0 Å². The van der Waals surface area contributed by atoms with Crippen LogP contribution in [0.25, 0.3) is 10.8 Å². The number of benzene rings is 2. The fourth-order valence-corrected chi connectivity index (χ4v) is 1.74. The lowest BCUT2D eigenvalue weighted by Crippen LogP contribution is -2.01. The predicted octanol–water partition coefficient (Wildman–Crippen LogP) is 2.20. The molecule has 0 saturated heterocycles. The van der Waals surface area contributed by atoms with Crippen molar-refractivity contribution in [3.63, 3.8) is 0 Å². The van der Waals surface area contributed by atoms with Crippen LogP contribution in [-0.4, -0.2) is 19.2 Å². The first kappa shape index (κ1) is 10.4. The highest BCUT2D eigenvalue weighted by atomic mass is 14.9. The Morgan fingerprint density at radius 2 is 1.88 bits per heavy atom. The van der Waals surface area contributed by atoms with E-state index in [-0.39, 0.29) is 0 Å². The van der Waals surface area contributed by atoms with Gasteiger partial charge >= 0.3 is 0 Å². The van der Waals surface area contributed by atoms with E-state index in [4.69, 9.17) is 5.73 Å². The fourth-order valence-electron chi connectivity index (χ4n) is 1.74. The zero-order chi connectivity index (χ0) is 11.4. The first-order valence-corrected chi connectivity index (χ1v) is 5.06. The molecule has 3 nitrogen and oxygen atoms in total. The van der Waals surface area contributed by atoms with Gasteiger partial charge in [-0.15, -0.1) is 0 Å². The molecule has 0 saturated carbocycles. The molecular weight excluding hydrogens is 198 g/mol. The zero-order valence-corrected chi connectivity index (χ0v) is 9.09. The van der Waals surface area contributed by atoms with E-state index in [1.807, 2.05) is 24.3 Å². The SMILES string of the molecule is CN=C(N=CN)c1cccc2ccccc12. The number of hydrogen-bond donors (Lipinski definition) is 1. The summed E-state index contributed by atoms with van der Waals surface area (Å²) >= 11 is 0. The average Bonchev–Trinajstić information content (AvgIpc) is 2.35. The van der Waals surface area contributed by atoms with E-state index in [0.29, 0.717) is 5.84 Å². The van der Waals surface area contributed by atoms with Crippen molar-refractivity contribution in [2.75, 3.05) is 7.05 Å². The van der Waals surface area contributed by atoms with Gasteiger partial charge in [-0.05, 0) is 10.8 Å². The highest BCUT2D eigenvalue weighted by Gasteiger charge is 2.04. The van der Waals surface area contributed by atoms with Crippen LogP contribution < -0.4 is 5.73 Å². The Labute approximate surface area is 94.3 Å². The minimum atomic E-state index is 0.652. The molecule has 0 aliphatic heterocycles. The van der Waals surface area contributed by atoms with Crippen LogP contribution in [-0.2, 0) is 0 Å². The summed E-state index contributed by atoms with van der Waals surface area (Å²) in [5.74, 6) is 0.652. The van der Waals surface area contributed by atoms with Crippen molar-refractivity contribution in [1.82, 2.24) is 0 Å². The molecule has 2 aromatic rings. The van der Waals surface area contributed by atoms with Crippen molar-refractivity contribution in [2.45, 2.75) is 0 Å². The lowest BCUT2D eigenvalue weighted by Gasteiger charge is -2.05. The number of aliphatic imine (C=N–C) groups is 2. The molecule has 0 unspecified atom stereocenters. The van der Waals surface area contributed by atoms with E-state index in [9.17, 15) is 0 Å². The molecule has 0 amide bonds. The largest absolute Gasteiger partial charge is 0.390 e. The van der Waals surface area contributed by atoms with Gasteiger partial charge in [0, 0.05) is 12.6 Å². The van der Waals surface area contributed by atoms with E-state index in [1.165, 1.54) is 11.7 Å². The molecule has 80 valence electrons. The van der Waals surface area contributed by atoms with Gasteiger partial charge in [0.2, 0.25) is 0 Å². The molecular formula is C13H13N3. The number of nitrogens with zero attached hydrogens (tertiary/aromatic N) is 2. The van der Waals surface area contributed by atoms with E-state index in [0.717, 1.165) is 10.9 Å². The van der Waals surface area contributed by atoms with Gasteiger partial charge in [-0.1, -0.05) is 42.5 Å². The topological polar surface area (TPSA) is 50.7 Å². The van der Waals surface area contributed by atoms with Crippen LogP contribution >= 0.6 is 0 Å². The van der Waals surface area contributed by atoms with Gasteiger partial charge in [-0.2, -0.15) is 0 Å². The van der Waals surface area contributed by atoms with Gasteiger partial charge in [-0.3, -0.25) is 4.99 Å². The molecule has 0 atom stereocenters. The standard InChI is InChI=1S/C13H13N3/c1-15-13(16-9-14)12-8-4-6-10-5-2-3-7-11(10)12/h2-9H,1H3,(H2,14,15,16). The molecule has 0 aliphatic rings. The second-order valence-corrected chi connectivity index (χ2v) is 3.35. The smallest absolute Gasteiger partial charge is 0.156 e. The maximum atomic E-state index is 5.31. The fraction of sp³-hybridized carbons (Fsp3) is 0.0769. The highest BCUT2D eigenvalue weighted by Crippen LogP contribution is 2.19. The Morgan fingerprint density at radius 3 is 2.62 bits per heavy atom. The monoisotopic (exact) mass is 211 g/mol. The van der Waals surface area contributed by atoms with Crippen molar-refractivity contribution in [3.05, 3.63) is 48.0 Å². The van der Waals surface area contributed by atoms with Gasteiger partial charge in [-0.25, -0.2) is 4.99 Å². The Kier molecular flexibility index (Phi) is 2.96. The van der Waals surface area contributed by atoms with Crippen molar-refractivity contribution >= 4 is 22.9 Å². The van der Waals surface area contributed by atoms with Crippen LogP contribution in [0.1, 0.15) is 5.56 Å². The van der Waals surface area contributed by atoms with E-state index in [1.54, 1.807) is 7.05 Å². The molecule has 3 heteroatoms. The Bertz CT molecular complexity index is 551. The van der Waals surface area contributed by atoms with Crippen LogP contribution in [0.3, 0.4) is 0 Å². The summed E-state index contributed by atoms with van der Waals surface area (Å²) in [6.07, 6.45) is 1.27. The molecule has 0 aromatic heterocycles. The van der Waals surface area contributed by atoms with Crippen molar-refractivity contribution in [3.8, 4) is 0 Å². The molecule has 2 aromatic carbocycles. The molecule has 0 heterocycles. The molecule has 0 radical (unpaired) electrons. The third-order valence-electron chi connectivity index (χ3n) is 2.44. The summed E-state index contributed by atoms with van der Waals surface area (Å²) in [5.41, 5.74) is 6.32. The molecule has 0 spiro atoms. The lowest BCUT2D eigenvalue weighted by molar-refractivity contribution is 1.39. The number of rotatable bonds is 1. The van der Waals surface area contributed by atoms with Gasteiger partial charge in [0.15, 0.2) is 5.84 Å². The average molecular weight is 211 g/mol. The maximum Gasteiger partial charge on any atom is 0.156 e. The Balaban J connectivity index is 2.69. The second-order valence-electron chi connectivity index (χ2n) is 3.35. The summed E-state index contributed by atoms with van der Waals surface area (Å²) in [5, 5.41) is 2.31. The highest BCUT2D eigenvalue weighted by molar-refractivity contribution is 6.11. The number of hydrogen-bond acceptors (Lipinski definition) is 1. The van der Waals surface area contributed by atoms with Crippen molar-refractivity contribution in [2.24, 2.45) is 15.7 Å². The minimum Gasteiger partial charge on any atom is -0.390 e. The van der Waals surface area contributed by atoms with Gasteiger partial charge in [0.05, 0.1) is 6.34 Å². The molecule has 0 aliphatic carbocycles. The lowest BCUT2D eigenvalue weighted by atomic mass is 10.0. The van der Waals surface area contributed by atoms with E-state index < -0.39 is 0 Å². The summed E-state index contributed by atoms with van der Waals surface area (Å²) in [4.78, 5) is 8.20. The third kappa shape index (κ3) is 1.80. The summed E-state index contributed by atoms with van der Waals surface area (Å²) in [6.45, 7) is 0. The number of amidine groups is 1. The maximum absolute atomic E-state index is 5.31. The van der Waals surface area contributed by atoms with Gasteiger partial charge < -0.3 is 5.73 Å². The first-order chi connectivity index (χ1) is 7.86. The molecule has 2 rings (SSSR count). The first-order valence-electron chi connectivity index (χ1n) is 5.06. The second kappa shape index (κ2) is 4.57. The van der Waals surface area contributed by atoms with Crippen LogP contribution in [0.2, 0.25) is 0 Å². The van der Waals surface area contributed by atoms with Crippen molar-refractivity contribution in [1.29, 1.82) is 0 Å². The predicted molar refractivity (Wildman–Crippen MR) is 69.1 cm³/mol. The third-order valence-corrected chi connectivity index (χ3v) is 2.44. The van der Waals surface area contributed by atoms with Gasteiger partial charge in [0.1, 0.15) is 0 Å². The van der Waals surface area contributed by atoms with E-state index in [2.05, 4.69) is 28.2 Å². The summed E-state index contributed by atoms with van der Waals surface area (Å²) < 4.78 is 0. The van der Waals surface area contributed by atoms with Crippen LogP contribution in [0.4, 0.5) is 0 Å². The minimum absolute atomic E-state index is 0.652. The van der Waals surface area contributed by atoms with E-state index >= 15 is 0 Å². The normalized spacial score (nSPS) is 12.4. The molecule has 0 bridgehead atoms. The van der Waals surface area contributed by atoms with Crippen LogP contribution in [0, 0.1) is 0 Å². The zero-order valence-electron chi connectivity index (χ0n) is 9.09. The summed E-state index contributed by atoms with van der Waals surface area (Å²) in [7, 11) is 1.71. The van der Waals surface area contributed by atoms with Gasteiger partial charge in [0.25, 0.3) is 0 Å². The Morgan fingerprint density at radius 1 is 1.12 bits per heavy atom.